The molecule has 1 N–H and O–H groups in total. The van der Waals surface area contributed by atoms with E-state index in [9.17, 15) is 10.1 Å². The molecule has 38 heavy (non-hydrogen) atoms. The Balaban J connectivity index is 1.57. The summed E-state index contributed by atoms with van der Waals surface area (Å²) in [6.45, 7) is 7.13. The fraction of sp³-hybridized carbons (Fsp3) is 0.400. The van der Waals surface area contributed by atoms with Gasteiger partial charge in [0, 0.05) is 49.3 Å². The van der Waals surface area contributed by atoms with Crippen LogP contribution in [-0.2, 0) is 4.74 Å². The zero-order valence-corrected chi connectivity index (χ0v) is 21.9. The number of halogens is 1. The van der Waals surface area contributed by atoms with E-state index in [1.54, 1.807) is 24.3 Å². The lowest BCUT2D eigenvalue weighted by Gasteiger charge is -2.36. The van der Waals surface area contributed by atoms with Gasteiger partial charge in [0.2, 0.25) is 0 Å². The quantitative estimate of drug-likeness (QED) is 0.389. The molecule has 0 atom stereocenters. The second-order valence-corrected chi connectivity index (χ2v) is 10.5. The molecule has 2 aromatic heterocycles. The molecule has 7 nitrogen and oxygen atoms in total. The van der Waals surface area contributed by atoms with Crippen molar-refractivity contribution in [1.29, 1.82) is 5.26 Å². The number of rotatable bonds is 4. The van der Waals surface area contributed by atoms with Crippen LogP contribution in [-0.4, -0.2) is 53.9 Å². The maximum absolute atomic E-state index is 16.7. The van der Waals surface area contributed by atoms with Crippen molar-refractivity contribution in [3.63, 3.8) is 0 Å². The van der Waals surface area contributed by atoms with E-state index in [4.69, 9.17) is 9.47 Å². The Labute approximate surface area is 220 Å². The van der Waals surface area contributed by atoms with Crippen molar-refractivity contribution in [2.24, 2.45) is 0 Å². The van der Waals surface area contributed by atoms with E-state index in [1.165, 1.54) is 7.11 Å². The predicted molar refractivity (Wildman–Crippen MR) is 147 cm³/mol. The first-order valence-corrected chi connectivity index (χ1v) is 13.2. The van der Waals surface area contributed by atoms with E-state index < -0.39 is 5.82 Å². The summed E-state index contributed by atoms with van der Waals surface area (Å²) in [7, 11) is 1.52. The summed E-state index contributed by atoms with van der Waals surface area (Å²) in [5.74, 6) is -0.0617. The molecule has 0 radical (unpaired) electrons. The van der Waals surface area contributed by atoms with Crippen molar-refractivity contribution >= 4 is 38.4 Å². The van der Waals surface area contributed by atoms with E-state index in [2.05, 4.69) is 22.0 Å². The van der Waals surface area contributed by atoms with Gasteiger partial charge >= 0.3 is 0 Å². The van der Waals surface area contributed by atoms with Crippen LogP contribution in [0.2, 0.25) is 0 Å². The fourth-order valence-electron chi connectivity index (χ4n) is 6.21. The number of methoxy groups -OCH3 is 1. The number of benzene rings is 2. The van der Waals surface area contributed by atoms with Gasteiger partial charge in [-0.25, -0.2) is 4.39 Å². The van der Waals surface area contributed by atoms with Crippen LogP contribution < -0.4 is 10.2 Å². The number of nitriles is 1. The van der Waals surface area contributed by atoms with E-state index in [1.807, 2.05) is 18.4 Å². The number of fused-ring (bicyclic) bond motifs is 4. The van der Waals surface area contributed by atoms with Gasteiger partial charge in [0.15, 0.2) is 11.2 Å². The molecule has 2 aliphatic rings. The smallest absolute Gasteiger partial charge is 0.199 e. The van der Waals surface area contributed by atoms with Crippen molar-refractivity contribution in [3.05, 3.63) is 57.5 Å². The molecule has 1 fully saturated rings. The van der Waals surface area contributed by atoms with Crippen molar-refractivity contribution in [2.45, 2.75) is 45.2 Å². The normalized spacial score (nSPS) is 17.4. The highest BCUT2D eigenvalue weighted by Crippen LogP contribution is 2.39. The van der Waals surface area contributed by atoms with Gasteiger partial charge in [0.05, 0.1) is 40.6 Å². The Morgan fingerprint density at radius 1 is 1.21 bits per heavy atom. The maximum Gasteiger partial charge on any atom is 0.199 e. The molecule has 0 aliphatic carbocycles. The van der Waals surface area contributed by atoms with Crippen LogP contribution in [0.25, 0.3) is 38.4 Å². The predicted octanol–water partition coefficient (Wildman–Crippen LogP) is 5.50. The number of H-pyrrole nitrogens is 1. The lowest BCUT2D eigenvalue weighted by Crippen LogP contribution is -2.41. The van der Waals surface area contributed by atoms with Crippen LogP contribution in [0.3, 0.4) is 0 Å². The topological polar surface area (TPSA) is 83.3 Å². The number of hydrogen-bond donors (Lipinski definition) is 1. The third-order valence-electron chi connectivity index (χ3n) is 8.07. The number of nitrogens with one attached hydrogen (secondary N) is 1. The molecule has 6 rings (SSSR count). The van der Waals surface area contributed by atoms with Crippen LogP contribution in [0.4, 0.5) is 4.39 Å². The third-order valence-corrected chi connectivity index (χ3v) is 8.07. The molecule has 0 unspecified atom stereocenters. The Bertz CT molecular complexity index is 1700. The molecule has 0 bridgehead atoms. The van der Waals surface area contributed by atoms with Gasteiger partial charge in [-0.1, -0.05) is 12.1 Å². The number of nitrogens with zero attached hydrogens (tertiary/aromatic N) is 3. The van der Waals surface area contributed by atoms with E-state index in [0.717, 1.165) is 44.7 Å². The summed E-state index contributed by atoms with van der Waals surface area (Å²) >= 11 is 0. The highest BCUT2D eigenvalue weighted by atomic mass is 19.1. The largest absolute Gasteiger partial charge is 0.496 e. The van der Waals surface area contributed by atoms with Crippen LogP contribution in [0.15, 0.2) is 35.1 Å². The average Bonchev–Trinajstić information content (AvgIpc) is 3.32. The molecule has 2 aromatic carbocycles. The van der Waals surface area contributed by atoms with Gasteiger partial charge in [-0.05, 0) is 56.9 Å². The first kappa shape index (κ1) is 24.7. The monoisotopic (exact) mass is 514 g/mol. The number of aromatic amines is 1. The average molecular weight is 515 g/mol. The first-order valence-electron chi connectivity index (χ1n) is 13.2. The highest BCUT2D eigenvalue weighted by molar-refractivity contribution is 6.10. The standard InChI is InChI=1S/C30H31FN4O3/c1-17(2)35-28-22(29(36)26-21-5-4-18(16-32)14-23(21)33-30(26)35)15-24(37-3)25(27(28)31)19-6-10-34(11-7-19)20-8-12-38-13-9-20/h4-6,14-15,17,20,33H,7-13H2,1-3H3. The molecule has 0 amide bonds. The van der Waals surface area contributed by atoms with E-state index in [0.29, 0.717) is 51.3 Å². The molecule has 0 saturated carbocycles. The molecule has 1 saturated heterocycles. The zero-order chi connectivity index (χ0) is 26.6. The second kappa shape index (κ2) is 9.57. The van der Waals surface area contributed by atoms with Gasteiger partial charge in [-0.2, -0.15) is 5.26 Å². The van der Waals surface area contributed by atoms with Crippen molar-refractivity contribution < 1.29 is 13.9 Å². The van der Waals surface area contributed by atoms with Crippen molar-refractivity contribution in [3.8, 4) is 11.8 Å². The summed E-state index contributed by atoms with van der Waals surface area (Å²) in [4.78, 5) is 19.6. The van der Waals surface area contributed by atoms with Gasteiger partial charge in [0.1, 0.15) is 11.4 Å². The summed E-state index contributed by atoms with van der Waals surface area (Å²) < 4.78 is 29.8. The third kappa shape index (κ3) is 3.80. The SMILES string of the molecule is COc1cc2c(=O)c3c4ccc(C#N)cc4[nH]c3n(C(C)C)c2c(F)c1C1=CCN(C2CCOCC2)CC1. The Morgan fingerprint density at radius 2 is 2.00 bits per heavy atom. The van der Waals surface area contributed by atoms with Crippen LogP contribution in [0, 0.1) is 17.1 Å². The lowest BCUT2D eigenvalue weighted by molar-refractivity contribution is 0.0378. The van der Waals surface area contributed by atoms with Crippen LogP contribution >= 0.6 is 0 Å². The Hall–Kier alpha value is -3.67. The minimum absolute atomic E-state index is 0.135. The number of pyridine rings is 1. The minimum atomic E-state index is -0.436. The van der Waals surface area contributed by atoms with Crippen LogP contribution in [0.5, 0.6) is 5.75 Å². The molecule has 196 valence electrons. The van der Waals surface area contributed by atoms with Gasteiger partial charge in [0.25, 0.3) is 0 Å². The number of ether oxygens (including phenoxy) is 2. The van der Waals surface area contributed by atoms with Crippen molar-refractivity contribution in [2.75, 3.05) is 33.4 Å². The summed E-state index contributed by atoms with van der Waals surface area (Å²) in [6.07, 6.45) is 4.85. The van der Waals surface area contributed by atoms with Gasteiger partial charge in [-0.3, -0.25) is 9.69 Å². The lowest BCUT2D eigenvalue weighted by atomic mass is 9.94. The summed E-state index contributed by atoms with van der Waals surface area (Å²) in [5, 5.41) is 10.8. The maximum atomic E-state index is 16.7. The molecule has 8 heteroatoms. The van der Waals surface area contributed by atoms with Crippen LogP contribution in [0.1, 0.15) is 50.3 Å². The van der Waals surface area contributed by atoms with Gasteiger partial charge in [-0.15, -0.1) is 0 Å². The number of aromatic nitrogens is 2. The molecule has 4 aromatic rings. The van der Waals surface area contributed by atoms with Gasteiger partial charge < -0.3 is 19.0 Å². The molecular formula is C30H31FN4O3. The Morgan fingerprint density at radius 3 is 2.66 bits per heavy atom. The molecule has 4 heterocycles. The minimum Gasteiger partial charge on any atom is -0.496 e. The fourth-order valence-corrected chi connectivity index (χ4v) is 6.21. The number of hydrogen-bond acceptors (Lipinski definition) is 5. The highest BCUT2D eigenvalue weighted by Gasteiger charge is 2.28. The summed E-state index contributed by atoms with van der Waals surface area (Å²) in [5.41, 5.74) is 3.08. The molecular weight excluding hydrogens is 483 g/mol. The molecule has 0 spiro atoms. The van der Waals surface area contributed by atoms with E-state index in [-0.39, 0.29) is 22.4 Å². The first-order chi connectivity index (χ1) is 18.4. The van der Waals surface area contributed by atoms with Crippen molar-refractivity contribution in [1.82, 2.24) is 14.5 Å². The molecule has 2 aliphatic heterocycles. The van der Waals surface area contributed by atoms with E-state index >= 15 is 4.39 Å². The second-order valence-electron chi connectivity index (χ2n) is 10.5. The Kier molecular flexibility index (Phi) is 6.21. The summed E-state index contributed by atoms with van der Waals surface area (Å²) in [6, 6.07) is 9.40. The zero-order valence-electron chi connectivity index (χ0n) is 21.9.